The monoisotopic (exact) mass is 335 g/mol. The third-order valence-corrected chi connectivity index (χ3v) is 5.00. The first-order chi connectivity index (χ1) is 10.9. The number of sulfonamides is 1. The van der Waals surface area contributed by atoms with Gasteiger partial charge >= 0.3 is 0 Å². The van der Waals surface area contributed by atoms with Crippen molar-refractivity contribution >= 4 is 33.3 Å². The van der Waals surface area contributed by atoms with Crippen molar-refractivity contribution in [3.05, 3.63) is 41.7 Å². The van der Waals surface area contributed by atoms with Crippen LogP contribution in [0.4, 0.5) is 11.5 Å². The van der Waals surface area contributed by atoms with Gasteiger partial charge in [0.25, 0.3) is 5.91 Å². The van der Waals surface area contributed by atoms with Crippen LogP contribution in [0.2, 0.25) is 0 Å². The second kappa shape index (κ2) is 5.51. The highest BCUT2D eigenvalue weighted by Gasteiger charge is 2.36. The molecule has 0 radical (unpaired) electrons. The molecule has 1 aliphatic heterocycles. The maximum absolute atomic E-state index is 12.1. The van der Waals surface area contributed by atoms with E-state index in [0.717, 1.165) is 4.31 Å². The van der Waals surface area contributed by atoms with Gasteiger partial charge in [-0.05, 0) is 31.2 Å². The number of nitrogens with one attached hydrogen (secondary N) is 1. The summed E-state index contributed by atoms with van der Waals surface area (Å²) in [6.45, 7) is 1.70. The minimum atomic E-state index is -3.61. The fourth-order valence-corrected chi connectivity index (χ4v) is 3.69. The Morgan fingerprint density at radius 1 is 1.30 bits per heavy atom. The Bertz CT molecular complexity index is 870. The second-order valence-corrected chi connectivity index (χ2v) is 6.99. The molecular formula is C14H13N3O5S. The number of hydrogen-bond donors (Lipinski definition) is 1. The third-order valence-electron chi connectivity index (χ3n) is 3.31. The normalized spacial score (nSPS) is 16.6. The van der Waals surface area contributed by atoms with Gasteiger partial charge in [0.15, 0.2) is 5.82 Å². The van der Waals surface area contributed by atoms with Crippen molar-refractivity contribution in [3.63, 3.8) is 0 Å². The maximum atomic E-state index is 12.1. The topological polar surface area (TPSA) is 110 Å². The number of aryl methyl sites for hydroxylation is 1. The summed E-state index contributed by atoms with van der Waals surface area (Å²) in [5.41, 5.74) is 0.528. The van der Waals surface area contributed by atoms with Crippen LogP contribution in [-0.4, -0.2) is 31.1 Å². The molecular weight excluding hydrogens is 322 g/mol. The Morgan fingerprint density at radius 2 is 2.00 bits per heavy atom. The Morgan fingerprint density at radius 3 is 2.52 bits per heavy atom. The fourth-order valence-electron chi connectivity index (χ4n) is 2.23. The molecule has 0 aliphatic carbocycles. The Balaban J connectivity index is 1.79. The minimum Gasteiger partial charge on any atom is -0.360 e. The smallest absolute Gasteiger partial charge is 0.256 e. The molecule has 0 atom stereocenters. The Kier molecular flexibility index (Phi) is 3.64. The number of carbonyl (C=O) groups is 2. The van der Waals surface area contributed by atoms with Crippen molar-refractivity contribution in [1.82, 2.24) is 5.16 Å². The molecule has 1 aromatic carbocycles. The molecule has 0 unspecified atom stereocenters. The molecule has 9 heteroatoms. The molecule has 1 saturated heterocycles. The zero-order valence-corrected chi connectivity index (χ0v) is 13.0. The van der Waals surface area contributed by atoms with Crippen LogP contribution >= 0.6 is 0 Å². The van der Waals surface area contributed by atoms with E-state index in [0.29, 0.717) is 11.3 Å². The zero-order chi connectivity index (χ0) is 16.6. The van der Waals surface area contributed by atoms with Gasteiger partial charge in [-0.2, -0.15) is 0 Å². The van der Waals surface area contributed by atoms with Crippen LogP contribution in [0.3, 0.4) is 0 Å². The number of anilines is 2. The van der Waals surface area contributed by atoms with E-state index in [4.69, 9.17) is 4.52 Å². The highest BCUT2D eigenvalue weighted by molar-refractivity contribution is 7.94. The van der Waals surface area contributed by atoms with Gasteiger partial charge in [0.1, 0.15) is 5.76 Å². The van der Waals surface area contributed by atoms with Gasteiger partial charge in [-0.3, -0.25) is 9.59 Å². The van der Waals surface area contributed by atoms with Gasteiger partial charge in [0.2, 0.25) is 15.9 Å². The Labute approximate surface area is 132 Å². The molecule has 1 N–H and O–H groups in total. The summed E-state index contributed by atoms with van der Waals surface area (Å²) >= 11 is 0. The lowest BCUT2D eigenvalue weighted by Gasteiger charge is -2.15. The van der Waals surface area contributed by atoms with E-state index in [1.807, 2.05) is 0 Å². The molecule has 0 saturated carbocycles. The van der Waals surface area contributed by atoms with Gasteiger partial charge in [0, 0.05) is 18.1 Å². The van der Waals surface area contributed by atoms with Gasteiger partial charge in [-0.1, -0.05) is 5.16 Å². The molecule has 1 aliphatic rings. The number of aromatic nitrogens is 1. The molecule has 0 spiro atoms. The number of benzene rings is 1. The van der Waals surface area contributed by atoms with Crippen LogP contribution in [0, 0.1) is 6.92 Å². The second-order valence-electron chi connectivity index (χ2n) is 5.05. The molecule has 2 aromatic rings. The van der Waals surface area contributed by atoms with Crippen molar-refractivity contribution in [2.45, 2.75) is 13.3 Å². The SMILES string of the molecule is Cc1cc(NC(=O)c2ccc(N3C(=O)CCS3(=O)=O)cc2)no1. The highest BCUT2D eigenvalue weighted by atomic mass is 32.2. The first-order valence-corrected chi connectivity index (χ1v) is 8.38. The molecule has 23 heavy (non-hydrogen) atoms. The summed E-state index contributed by atoms with van der Waals surface area (Å²) in [6.07, 6.45) is -0.0317. The standard InChI is InChI=1S/C14H13N3O5S/c1-9-8-12(16-22-9)15-14(19)10-2-4-11(5-3-10)17-13(18)6-7-23(17,20)21/h2-5,8H,6-7H2,1H3,(H,15,16,19). The first kappa shape index (κ1) is 15.2. The number of carbonyl (C=O) groups excluding carboxylic acids is 2. The van der Waals surface area contributed by atoms with E-state index in [2.05, 4.69) is 10.5 Å². The summed E-state index contributed by atoms with van der Waals surface area (Å²) in [4.78, 5) is 23.8. The van der Waals surface area contributed by atoms with Crippen LogP contribution < -0.4 is 9.62 Å². The van der Waals surface area contributed by atoms with Crippen molar-refractivity contribution in [2.24, 2.45) is 0 Å². The van der Waals surface area contributed by atoms with Crippen LogP contribution in [0.1, 0.15) is 22.5 Å². The number of amides is 2. The van der Waals surface area contributed by atoms with Crippen LogP contribution in [0.5, 0.6) is 0 Å². The lowest BCUT2D eigenvalue weighted by molar-refractivity contribution is -0.116. The number of nitrogens with zero attached hydrogens (tertiary/aromatic N) is 2. The molecule has 3 rings (SSSR count). The maximum Gasteiger partial charge on any atom is 0.256 e. The molecule has 1 fully saturated rings. The molecule has 2 heterocycles. The van der Waals surface area contributed by atoms with Crippen molar-refractivity contribution in [2.75, 3.05) is 15.4 Å². The number of rotatable bonds is 3. The van der Waals surface area contributed by atoms with E-state index in [1.165, 1.54) is 24.3 Å². The quantitative estimate of drug-likeness (QED) is 0.905. The molecule has 1 aromatic heterocycles. The summed E-state index contributed by atoms with van der Waals surface area (Å²) in [6, 6.07) is 7.30. The van der Waals surface area contributed by atoms with E-state index in [9.17, 15) is 18.0 Å². The average Bonchev–Trinajstić information content (AvgIpc) is 3.02. The van der Waals surface area contributed by atoms with Crippen LogP contribution in [0.25, 0.3) is 0 Å². The summed E-state index contributed by atoms with van der Waals surface area (Å²) in [5.74, 6) is -0.234. The predicted molar refractivity (Wildman–Crippen MR) is 81.5 cm³/mol. The fraction of sp³-hybridized carbons (Fsp3) is 0.214. The van der Waals surface area contributed by atoms with Crippen molar-refractivity contribution in [3.8, 4) is 0 Å². The van der Waals surface area contributed by atoms with E-state index in [-0.39, 0.29) is 23.7 Å². The molecule has 8 nitrogen and oxygen atoms in total. The lowest BCUT2D eigenvalue weighted by Crippen LogP contribution is -2.29. The third kappa shape index (κ3) is 2.95. The zero-order valence-electron chi connectivity index (χ0n) is 12.1. The average molecular weight is 335 g/mol. The predicted octanol–water partition coefficient (Wildman–Crippen LogP) is 1.30. The van der Waals surface area contributed by atoms with E-state index >= 15 is 0 Å². The van der Waals surface area contributed by atoms with Crippen LogP contribution in [0.15, 0.2) is 34.9 Å². The summed E-state index contributed by atoms with van der Waals surface area (Å²) in [5, 5.41) is 6.20. The molecule has 0 bridgehead atoms. The van der Waals surface area contributed by atoms with Gasteiger partial charge < -0.3 is 9.84 Å². The van der Waals surface area contributed by atoms with E-state index < -0.39 is 21.8 Å². The van der Waals surface area contributed by atoms with Gasteiger partial charge in [-0.25, -0.2) is 12.7 Å². The number of hydrogen-bond acceptors (Lipinski definition) is 6. The minimum absolute atomic E-state index is 0.0317. The van der Waals surface area contributed by atoms with Crippen molar-refractivity contribution < 1.29 is 22.5 Å². The van der Waals surface area contributed by atoms with Crippen molar-refractivity contribution in [1.29, 1.82) is 0 Å². The Hall–Kier alpha value is -2.68. The summed E-state index contributed by atoms with van der Waals surface area (Å²) in [7, 11) is -3.61. The first-order valence-electron chi connectivity index (χ1n) is 6.77. The highest BCUT2D eigenvalue weighted by Crippen LogP contribution is 2.25. The van der Waals surface area contributed by atoms with E-state index in [1.54, 1.807) is 13.0 Å². The van der Waals surface area contributed by atoms with Gasteiger partial charge in [-0.15, -0.1) is 0 Å². The van der Waals surface area contributed by atoms with Crippen LogP contribution in [-0.2, 0) is 14.8 Å². The molecule has 120 valence electrons. The lowest BCUT2D eigenvalue weighted by atomic mass is 10.2. The van der Waals surface area contributed by atoms with Gasteiger partial charge in [0.05, 0.1) is 11.4 Å². The summed E-state index contributed by atoms with van der Waals surface area (Å²) < 4.78 is 29.3. The largest absolute Gasteiger partial charge is 0.360 e. The molecule has 2 amide bonds.